The van der Waals surface area contributed by atoms with Crippen LogP contribution in [-0.2, 0) is 0 Å². The summed E-state index contributed by atoms with van der Waals surface area (Å²) in [6.45, 7) is 4.68. The van der Waals surface area contributed by atoms with Crippen molar-refractivity contribution < 1.29 is 8.78 Å². The SMILES string of the molecule is CC#CC.CC(F)(F)C1CCCCC1. The lowest BCUT2D eigenvalue weighted by Crippen LogP contribution is -2.26. The van der Waals surface area contributed by atoms with Gasteiger partial charge in [-0.05, 0) is 33.6 Å². The van der Waals surface area contributed by atoms with Gasteiger partial charge in [0, 0.05) is 5.92 Å². The highest BCUT2D eigenvalue weighted by Crippen LogP contribution is 2.35. The van der Waals surface area contributed by atoms with Crippen molar-refractivity contribution in [2.24, 2.45) is 5.92 Å². The summed E-state index contributed by atoms with van der Waals surface area (Å²) in [5.41, 5.74) is 0. The van der Waals surface area contributed by atoms with Gasteiger partial charge in [-0.15, -0.1) is 11.8 Å². The Morgan fingerprint density at radius 1 is 1.00 bits per heavy atom. The van der Waals surface area contributed by atoms with E-state index in [2.05, 4.69) is 11.8 Å². The Morgan fingerprint density at radius 3 is 1.64 bits per heavy atom. The average molecular weight is 202 g/mol. The molecule has 82 valence electrons. The number of alkyl halides is 2. The molecule has 1 aliphatic rings. The molecular weight excluding hydrogens is 182 g/mol. The minimum atomic E-state index is -2.43. The molecule has 1 rings (SSSR count). The fraction of sp³-hybridized carbons (Fsp3) is 0.833. The quantitative estimate of drug-likeness (QED) is 0.557. The van der Waals surface area contributed by atoms with Crippen molar-refractivity contribution in [2.75, 3.05) is 0 Å². The van der Waals surface area contributed by atoms with Crippen LogP contribution < -0.4 is 0 Å². The molecule has 0 nitrogen and oxygen atoms in total. The Bertz CT molecular complexity index is 181. The minimum absolute atomic E-state index is 0.332. The number of hydrogen-bond acceptors (Lipinski definition) is 0. The zero-order valence-electron chi connectivity index (χ0n) is 9.37. The van der Waals surface area contributed by atoms with E-state index in [1.54, 1.807) is 0 Å². The van der Waals surface area contributed by atoms with Gasteiger partial charge >= 0.3 is 0 Å². The lowest BCUT2D eigenvalue weighted by molar-refractivity contribution is -0.0528. The van der Waals surface area contributed by atoms with Gasteiger partial charge in [0.25, 0.3) is 0 Å². The van der Waals surface area contributed by atoms with Crippen molar-refractivity contribution in [2.45, 2.75) is 58.8 Å². The second-order valence-corrected chi connectivity index (χ2v) is 3.79. The van der Waals surface area contributed by atoms with Crippen molar-refractivity contribution >= 4 is 0 Å². The van der Waals surface area contributed by atoms with Crippen molar-refractivity contribution in [1.29, 1.82) is 0 Å². The molecular formula is C12H20F2. The van der Waals surface area contributed by atoms with Gasteiger partial charge in [0.2, 0.25) is 5.92 Å². The first-order valence-electron chi connectivity index (χ1n) is 5.23. The van der Waals surface area contributed by atoms with E-state index in [0.29, 0.717) is 0 Å². The lowest BCUT2D eigenvalue weighted by Gasteiger charge is -2.26. The van der Waals surface area contributed by atoms with Crippen molar-refractivity contribution in [3.8, 4) is 11.8 Å². The van der Waals surface area contributed by atoms with Crippen molar-refractivity contribution in [3.05, 3.63) is 0 Å². The maximum absolute atomic E-state index is 12.6. The van der Waals surface area contributed by atoms with Crippen LogP contribution in [0.1, 0.15) is 52.9 Å². The first-order valence-corrected chi connectivity index (χ1v) is 5.23. The zero-order chi connectivity index (χ0) is 11.0. The Kier molecular flexibility index (Phi) is 6.53. The summed E-state index contributed by atoms with van der Waals surface area (Å²) in [6, 6.07) is 0. The second-order valence-electron chi connectivity index (χ2n) is 3.79. The number of rotatable bonds is 1. The summed E-state index contributed by atoms with van der Waals surface area (Å²) in [7, 11) is 0. The molecule has 0 aromatic heterocycles. The number of halogens is 2. The smallest absolute Gasteiger partial charge is 0.207 e. The van der Waals surface area contributed by atoms with E-state index in [4.69, 9.17) is 0 Å². The van der Waals surface area contributed by atoms with Crippen LogP contribution in [0, 0.1) is 17.8 Å². The Balaban J connectivity index is 0.000000364. The second kappa shape index (κ2) is 6.81. The fourth-order valence-electron chi connectivity index (χ4n) is 1.61. The number of hydrogen-bond donors (Lipinski definition) is 0. The van der Waals surface area contributed by atoms with E-state index in [-0.39, 0.29) is 5.92 Å². The molecule has 0 atom stereocenters. The Labute approximate surface area is 86.1 Å². The largest absolute Gasteiger partial charge is 0.248 e. The zero-order valence-corrected chi connectivity index (χ0v) is 9.37. The Morgan fingerprint density at radius 2 is 1.43 bits per heavy atom. The van der Waals surface area contributed by atoms with E-state index in [1.807, 2.05) is 13.8 Å². The van der Waals surface area contributed by atoms with Crippen LogP contribution in [0.15, 0.2) is 0 Å². The van der Waals surface area contributed by atoms with Gasteiger partial charge in [0.15, 0.2) is 0 Å². The summed E-state index contributed by atoms with van der Waals surface area (Å²) in [4.78, 5) is 0. The third-order valence-electron chi connectivity index (χ3n) is 2.57. The normalized spacial score (nSPS) is 17.5. The van der Waals surface area contributed by atoms with Gasteiger partial charge in [0.05, 0.1) is 0 Å². The molecule has 0 heterocycles. The van der Waals surface area contributed by atoms with Crippen LogP contribution in [0.4, 0.5) is 8.78 Å². The summed E-state index contributed by atoms with van der Waals surface area (Å²) in [5, 5.41) is 0. The third kappa shape index (κ3) is 5.96. The molecule has 1 aliphatic carbocycles. The standard InChI is InChI=1S/C8H14F2.C4H6/c1-8(9,10)7-5-3-2-4-6-7;1-3-4-2/h7H,2-6H2,1H3;1-2H3. The molecule has 1 fully saturated rings. The maximum atomic E-state index is 12.6. The third-order valence-corrected chi connectivity index (χ3v) is 2.57. The summed E-state index contributed by atoms with van der Waals surface area (Å²) in [5.74, 6) is 2.60. The van der Waals surface area contributed by atoms with Gasteiger partial charge in [-0.25, -0.2) is 8.78 Å². The molecule has 0 aromatic rings. The van der Waals surface area contributed by atoms with Crippen LogP contribution in [0.3, 0.4) is 0 Å². The molecule has 0 unspecified atom stereocenters. The molecule has 0 N–H and O–H groups in total. The van der Waals surface area contributed by atoms with E-state index < -0.39 is 5.92 Å². The van der Waals surface area contributed by atoms with Gasteiger partial charge < -0.3 is 0 Å². The molecule has 0 radical (unpaired) electrons. The first-order chi connectivity index (χ1) is 6.52. The van der Waals surface area contributed by atoms with E-state index in [0.717, 1.165) is 39.0 Å². The van der Waals surface area contributed by atoms with E-state index in [1.165, 1.54) is 0 Å². The lowest BCUT2D eigenvalue weighted by atomic mass is 9.85. The van der Waals surface area contributed by atoms with E-state index in [9.17, 15) is 8.78 Å². The summed E-state index contributed by atoms with van der Waals surface area (Å²) in [6.07, 6.45) is 4.59. The minimum Gasteiger partial charge on any atom is -0.207 e. The molecule has 1 saturated carbocycles. The predicted molar refractivity (Wildman–Crippen MR) is 56.3 cm³/mol. The van der Waals surface area contributed by atoms with Gasteiger partial charge in [0.1, 0.15) is 0 Å². The molecule has 0 spiro atoms. The molecule has 0 saturated heterocycles. The summed E-state index contributed by atoms with van der Waals surface area (Å²) < 4.78 is 25.2. The fourth-order valence-corrected chi connectivity index (χ4v) is 1.61. The average Bonchev–Trinajstić information content (AvgIpc) is 2.18. The highest BCUT2D eigenvalue weighted by atomic mass is 19.3. The monoisotopic (exact) mass is 202 g/mol. The van der Waals surface area contributed by atoms with Crippen LogP contribution in [-0.4, -0.2) is 5.92 Å². The van der Waals surface area contributed by atoms with Crippen LogP contribution in [0.25, 0.3) is 0 Å². The molecule has 2 heteroatoms. The van der Waals surface area contributed by atoms with Crippen LogP contribution >= 0.6 is 0 Å². The maximum Gasteiger partial charge on any atom is 0.248 e. The van der Waals surface area contributed by atoms with Crippen LogP contribution in [0.5, 0.6) is 0 Å². The molecule has 0 bridgehead atoms. The highest BCUT2D eigenvalue weighted by molar-refractivity contribution is 4.89. The highest BCUT2D eigenvalue weighted by Gasteiger charge is 2.34. The topological polar surface area (TPSA) is 0 Å². The van der Waals surface area contributed by atoms with Gasteiger partial charge in [-0.3, -0.25) is 0 Å². The van der Waals surface area contributed by atoms with Gasteiger partial charge in [-0.2, -0.15) is 0 Å². The predicted octanol–water partition coefficient (Wildman–Crippen LogP) is 4.25. The molecule has 0 aliphatic heterocycles. The molecule has 0 amide bonds. The first kappa shape index (κ1) is 13.4. The van der Waals surface area contributed by atoms with Crippen LogP contribution in [0.2, 0.25) is 0 Å². The van der Waals surface area contributed by atoms with Crippen molar-refractivity contribution in [1.82, 2.24) is 0 Å². The van der Waals surface area contributed by atoms with Crippen molar-refractivity contribution in [3.63, 3.8) is 0 Å². The summed E-state index contributed by atoms with van der Waals surface area (Å²) >= 11 is 0. The molecule has 14 heavy (non-hydrogen) atoms. The van der Waals surface area contributed by atoms with E-state index >= 15 is 0 Å². The Hall–Kier alpha value is -0.580. The molecule has 0 aromatic carbocycles. The van der Waals surface area contributed by atoms with Gasteiger partial charge in [-0.1, -0.05) is 19.3 Å².